The maximum absolute atomic E-state index is 13.4. The number of hydrogen-bond acceptors (Lipinski definition) is 10. The van der Waals surface area contributed by atoms with Crippen LogP contribution in [-0.4, -0.2) is 50.3 Å². The fourth-order valence-electron chi connectivity index (χ4n) is 5.68. The minimum atomic E-state index is -1.08. The van der Waals surface area contributed by atoms with Crippen molar-refractivity contribution in [2.45, 2.75) is 25.8 Å². The summed E-state index contributed by atoms with van der Waals surface area (Å²) in [7, 11) is 0. The Bertz CT molecular complexity index is 2180. The van der Waals surface area contributed by atoms with E-state index in [0.29, 0.717) is 76.7 Å². The third-order valence-corrected chi connectivity index (χ3v) is 10.1. The smallest absolute Gasteiger partial charge is 0.355 e. The van der Waals surface area contributed by atoms with Crippen LogP contribution in [0.15, 0.2) is 66.7 Å². The quantitative estimate of drug-likeness (QED) is 0.0902. The molecule has 0 aliphatic carbocycles. The first-order valence-corrected chi connectivity index (χ1v) is 16.7. The molecule has 0 bridgehead atoms. The van der Waals surface area contributed by atoms with E-state index in [9.17, 15) is 14.7 Å². The van der Waals surface area contributed by atoms with Gasteiger partial charge in [0.2, 0.25) is 0 Å². The largest absolute Gasteiger partial charge is 0.494 e. The number of nitrogens with zero attached hydrogens (tertiary/aromatic N) is 5. The third-order valence-electron chi connectivity index (χ3n) is 7.99. The molecule has 0 unspecified atom stereocenters. The number of fused-ring (bicyclic) bond motifs is 2. The van der Waals surface area contributed by atoms with Gasteiger partial charge in [-0.3, -0.25) is 15.2 Å². The molecule has 0 fully saturated rings. The molecule has 48 heavy (non-hydrogen) atoms. The van der Waals surface area contributed by atoms with Crippen LogP contribution >= 0.6 is 22.7 Å². The van der Waals surface area contributed by atoms with Crippen LogP contribution in [0.5, 0.6) is 5.75 Å². The van der Waals surface area contributed by atoms with Crippen molar-refractivity contribution in [3.05, 3.63) is 105 Å². The summed E-state index contributed by atoms with van der Waals surface area (Å²) in [6.07, 6.45) is 1.73. The number of ether oxygens (including phenoxy) is 1. The molecule has 240 valence electrons. The average Bonchev–Trinajstić information content (AvgIpc) is 3.82. The second kappa shape index (κ2) is 13.1. The number of para-hydroxylation sites is 1. The molecule has 3 aromatic carbocycles. The van der Waals surface area contributed by atoms with Crippen molar-refractivity contribution < 1.29 is 19.4 Å². The van der Waals surface area contributed by atoms with Gasteiger partial charge in [0.1, 0.15) is 17.3 Å². The van der Waals surface area contributed by atoms with Crippen molar-refractivity contribution in [1.29, 1.82) is 0 Å². The minimum Gasteiger partial charge on any atom is -0.494 e. The van der Waals surface area contributed by atoms with Gasteiger partial charge in [0.25, 0.3) is 11.6 Å². The Labute approximate surface area is 282 Å². The van der Waals surface area contributed by atoms with Gasteiger partial charge < -0.3 is 20.5 Å². The number of aromatic carboxylic acids is 1. The summed E-state index contributed by atoms with van der Waals surface area (Å²) >= 11 is 2.79. The van der Waals surface area contributed by atoms with E-state index >= 15 is 0 Å². The van der Waals surface area contributed by atoms with Crippen LogP contribution in [-0.2, 0) is 19.4 Å². The number of aryl methyl sites for hydroxylation is 1. The summed E-state index contributed by atoms with van der Waals surface area (Å²) in [4.78, 5) is 40.8. The predicted molar refractivity (Wildman–Crippen MR) is 186 cm³/mol. The number of carboxylic acid groups (broad SMARTS) is 1. The number of carbonyl (C=O) groups is 2. The normalized spacial score (nSPS) is 12.4. The van der Waals surface area contributed by atoms with Crippen LogP contribution in [0.25, 0.3) is 26.3 Å². The number of H-pyrrole nitrogens is 1. The molecule has 1 amide bonds. The highest BCUT2D eigenvalue weighted by molar-refractivity contribution is 7.22. The van der Waals surface area contributed by atoms with E-state index < -0.39 is 5.97 Å². The van der Waals surface area contributed by atoms with E-state index in [1.165, 1.54) is 22.7 Å². The fraction of sp³-hybridized carbons (Fsp3) is 0.176. The predicted octanol–water partition coefficient (Wildman–Crippen LogP) is 6.80. The summed E-state index contributed by atoms with van der Waals surface area (Å²) in [5.74, 6) is -0.499. The highest BCUT2D eigenvalue weighted by Gasteiger charge is 2.27. The number of carbonyl (C=O) groups excluding carboxylic acids is 1. The number of nitrogens with two attached hydrogens (primary N) is 1. The maximum Gasteiger partial charge on any atom is 0.355 e. The Kier molecular flexibility index (Phi) is 8.45. The second-order valence-electron chi connectivity index (χ2n) is 11.1. The Hall–Kier alpha value is -5.78. The molecular formula is C34H28N8O4S2. The summed E-state index contributed by atoms with van der Waals surface area (Å²) in [6.45, 7) is 8.80. The van der Waals surface area contributed by atoms with Crippen molar-refractivity contribution in [2.75, 3.05) is 29.1 Å². The van der Waals surface area contributed by atoms with Gasteiger partial charge in [0.05, 0.1) is 23.4 Å². The molecule has 14 heteroatoms. The fourth-order valence-corrected chi connectivity index (χ4v) is 7.66. The molecule has 0 saturated heterocycles. The summed E-state index contributed by atoms with van der Waals surface area (Å²) < 4.78 is 6.96. The van der Waals surface area contributed by atoms with Crippen LogP contribution in [0.3, 0.4) is 0 Å². The van der Waals surface area contributed by atoms with E-state index in [0.717, 1.165) is 21.3 Å². The zero-order valence-corrected chi connectivity index (χ0v) is 27.0. The first-order valence-electron chi connectivity index (χ1n) is 15.1. The van der Waals surface area contributed by atoms with Gasteiger partial charge in [-0.25, -0.2) is 19.6 Å². The lowest BCUT2D eigenvalue weighted by Crippen LogP contribution is -2.32. The molecule has 7 rings (SSSR count). The van der Waals surface area contributed by atoms with Crippen molar-refractivity contribution in [3.63, 3.8) is 0 Å². The second-order valence-corrected chi connectivity index (χ2v) is 13.1. The van der Waals surface area contributed by atoms with E-state index in [1.807, 2.05) is 65.6 Å². The molecule has 0 saturated carbocycles. The summed E-state index contributed by atoms with van der Waals surface area (Å²) in [5.41, 5.74) is 10.6. The van der Waals surface area contributed by atoms with Crippen molar-refractivity contribution in [3.8, 4) is 17.0 Å². The number of nitrogen functional groups attached to an aromatic ring is 1. The van der Waals surface area contributed by atoms with Gasteiger partial charge in [0.15, 0.2) is 16.0 Å². The van der Waals surface area contributed by atoms with Crippen LogP contribution in [0.1, 0.15) is 43.3 Å². The SMILES string of the molecule is [C-]#[N+]c1c(-c2cccc(OCCCc3sc(N4CCc5cccc(C(=O)Nc6nc7ccccc7s6)c5C4)nc3C(=O)O)c2)n[nH]c1N. The van der Waals surface area contributed by atoms with E-state index in [1.54, 1.807) is 6.07 Å². The van der Waals surface area contributed by atoms with Gasteiger partial charge in [0, 0.05) is 23.5 Å². The van der Waals surface area contributed by atoms with E-state index in [4.69, 9.17) is 17.0 Å². The Morgan fingerprint density at radius 3 is 2.79 bits per heavy atom. The topological polar surface area (TPSA) is 164 Å². The van der Waals surface area contributed by atoms with Gasteiger partial charge in [-0.1, -0.05) is 47.7 Å². The average molecular weight is 677 g/mol. The van der Waals surface area contributed by atoms with Gasteiger partial charge in [-0.15, -0.1) is 11.3 Å². The first kappa shape index (κ1) is 30.9. The van der Waals surface area contributed by atoms with Gasteiger partial charge in [-0.2, -0.15) is 5.10 Å². The Morgan fingerprint density at radius 1 is 1.10 bits per heavy atom. The number of anilines is 3. The molecule has 0 spiro atoms. The zero-order chi connectivity index (χ0) is 33.2. The standard InChI is InChI=1S/C34H28N8O4S2/c1-36-29-27(40-41-30(29)35)20-8-4-9-21(17-20)46-16-6-13-26-28(32(44)45)38-34(48-26)42-15-14-19-7-5-10-22(23(19)18-42)31(43)39-33-37-24-11-2-3-12-25(24)47-33/h2-5,7-12,17H,6,13-16,18H2,(H,44,45)(H3,35,40,41)(H,37,39,43). The highest BCUT2D eigenvalue weighted by Crippen LogP contribution is 2.35. The number of hydrogen-bond donors (Lipinski definition) is 4. The molecular weight excluding hydrogens is 649 g/mol. The number of carboxylic acids is 1. The van der Waals surface area contributed by atoms with Crippen LogP contribution in [0.4, 0.5) is 21.8 Å². The number of amides is 1. The van der Waals surface area contributed by atoms with Gasteiger partial charge in [-0.05, 0) is 66.3 Å². The summed E-state index contributed by atoms with van der Waals surface area (Å²) in [5, 5.41) is 20.9. The number of benzene rings is 3. The molecule has 12 nitrogen and oxygen atoms in total. The number of nitrogens with one attached hydrogen (secondary N) is 2. The lowest BCUT2D eigenvalue weighted by Gasteiger charge is -2.29. The van der Waals surface area contributed by atoms with Crippen LogP contribution in [0.2, 0.25) is 0 Å². The number of aromatic amines is 1. The van der Waals surface area contributed by atoms with Gasteiger partial charge >= 0.3 is 5.97 Å². The van der Waals surface area contributed by atoms with Crippen molar-refractivity contribution in [2.24, 2.45) is 0 Å². The number of aromatic nitrogens is 4. The molecule has 4 heterocycles. The molecule has 5 N–H and O–H groups in total. The van der Waals surface area contributed by atoms with E-state index in [-0.39, 0.29) is 23.1 Å². The van der Waals surface area contributed by atoms with Crippen LogP contribution < -0.4 is 20.7 Å². The maximum atomic E-state index is 13.4. The third kappa shape index (κ3) is 6.16. The molecule has 1 aliphatic rings. The molecule has 0 atom stereocenters. The van der Waals surface area contributed by atoms with Crippen molar-refractivity contribution >= 4 is 66.5 Å². The van der Waals surface area contributed by atoms with Crippen molar-refractivity contribution in [1.82, 2.24) is 20.2 Å². The summed E-state index contributed by atoms with van der Waals surface area (Å²) in [6, 6.07) is 20.7. The lowest BCUT2D eigenvalue weighted by molar-refractivity contribution is 0.0690. The van der Waals surface area contributed by atoms with E-state index in [2.05, 4.69) is 30.3 Å². The number of rotatable bonds is 10. The highest BCUT2D eigenvalue weighted by atomic mass is 32.1. The molecule has 6 aromatic rings. The zero-order valence-electron chi connectivity index (χ0n) is 25.4. The Balaban J connectivity index is 1.02. The first-order chi connectivity index (χ1) is 23.4. The van der Waals surface area contributed by atoms with Crippen LogP contribution in [0, 0.1) is 6.57 Å². The number of thiazole rings is 2. The lowest BCUT2D eigenvalue weighted by atomic mass is 9.94. The molecule has 0 radical (unpaired) electrons. The molecule has 1 aliphatic heterocycles. The minimum absolute atomic E-state index is 0.0347. The monoisotopic (exact) mass is 676 g/mol. The molecule has 3 aromatic heterocycles. The Morgan fingerprint density at radius 2 is 1.96 bits per heavy atom.